The second kappa shape index (κ2) is 9.33. The molecule has 3 nitrogen and oxygen atoms in total. The molecule has 0 radical (unpaired) electrons. The third kappa shape index (κ3) is 88.2. The van der Waals surface area contributed by atoms with Crippen LogP contribution in [-0.2, 0) is 26.2 Å². The summed E-state index contributed by atoms with van der Waals surface area (Å²) in [7, 11) is -3.13. The van der Waals surface area contributed by atoms with Crippen LogP contribution in [0, 0.1) is 0 Å². The number of rotatable bonds is 0. The van der Waals surface area contributed by atoms with Crippen LogP contribution in [0.3, 0.4) is 0 Å². The van der Waals surface area contributed by atoms with E-state index < -0.39 is 9.17 Å². The van der Waals surface area contributed by atoms with Crippen molar-refractivity contribution in [1.82, 2.24) is 0 Å². The molecule has 0 amide bonds. The maximum atomic E-state index is 8.74. The van der Waals surface area contributed by atoms with Crippen molar-refractivity contribution < 1.29 is 35.8 Å². The monoisotopic (exact) mass is 134 g/mol. The molecule has 2 N–H and O–H groups in total. The molecule has 0 bridgehead atoms. The third-order valence-electron chi connectivity index (χ3n) is 0. The smallest absolute Gasteiger partial charge is 0 e. The van der Waals surface area contributed by atoms with Crippen molar-refractivity contribution in [2.75, 3.05) is 0 Å². The van der Waals surface area contributed by atoms with E-state index in [9.17, 15) is 0 Å². The number of hydrogen-bond donors (Lipinski definition) is 2. The van der Waals surface area contributed by atoms with Crippen molar-refractivity contribution >= 4 is 28.0 Å². The van der Waals surface area contributed by atoms with E-state index in [0.717, 1.165) is 0 Å². The summed E-state index contributed by atoms with van der Waals surface area (Å²) in [5, 5.41) is 0. The van der Waals surface area contributed by atoms with Crippen LogP contribution >= 0.6 is 0 Å². The zero-order chi connectivity index (χ0) is 3.58. The molecule has 6 heavy (non-hydrogen) atoms. The first kappa shape index (κ1) is 15.8. The molecule has 0 heterocycles. The molecule has 6 heteroatoms. The van der Waals surface area contributed by atoms with E-state index >= 15 is 0 Å². The molecule has 0 saturated carbocycles. The van der Waals surface area contributed by atoms with Crippen LogP contribution in [-0.4, -0.2) is 37.6 Å². The van der Waals surface area contributed by atoms with Crippen LogP contribution in [0.25, 0.3) is 0 Å². The van der Waals surface area contributed by atoms with Crippen LogP contribution in [0.5, 0.6) is 0 Å². The van der Waals surface area contributed by atoms with Crippen molar-refractivity contribution in [3.63, 3.8) is 0 Å². The summed E-state index contributed by atoms with van der Waals surface area (Å²) >= 11 is 0. The fraction of sp³-hybridized carbons (Fsp3) is 0. The van der Waals surface area contributed by atoms with Gasteiger partial charge in [0.1, 0.15) is 0 Å². The predicted octanol–water partition coefficient (Wildman–Crippen LogP) is -2.26. The van der Waals surface area contributed by atoms with Gasteiger partial charge in [-0.25, -0.2) is 0 Å². The normalized spacial score (nSPS) is 4.00. The molecule has 0 aliphatic heterocycles. The molecule has 0 rings (SSSR count). The molecule has 30 valence electrons. The van der Waals surface area contributed by atoms with Gasteiger partial charge in [-0.2, -0.15) is 0 Å². The van der Waals surface area contributed by atoms with Gasteiger partial charge in [-0.05, 0) is 0 Å². The fourth-order valence-electron chi connectivity index (χ4n) is 0. The Balaban J connectivity index is -0.0000000450. The molecule has 0 unspecified atom stereocenters. The van der Waals surface area contributed by atoms with Crippen molar-refractivity contribution in [1.29, 1.82) is 0 Å². The molecule has 0 aliphatic rings. The number of hydrogen-bond acceptors (Lipinski definition) is 1. The molecule has 0 spiro atoms. The van der Waals surface area contributed by atoms with Crippen molar-refractivity contribution in [3.8, 4) is 0 Å². The van der Waals surface area contributed by atoms with Crippen LogP contribution in [0.2, 0.25) is 0 Å². The van der Waals surface area contributed by atoms with Gasteiger partial charge >= 0.3 is 28.0 Å². The maximum absolute atomic E-state index is 8.74. The van der Waals surface area contributed by atoms with Crippen molar-refractivity contribution in [3.05, 3.63) is 0 Å². The largest absolute Gasteiger partial charge is 0 e. The van der Waals surface area contributed by atoms with Gasteiger partial charge in [0.25, 0.3) is 0 Å². The van der Waals surface area contributed by atoms with Gasteiger partial charge in [-0.1, -0.05) is 0 Å². The summed E-state index contributed by atoms with van der Waals surface area (Å²) in [5.41, 5.74) is 0. The van der Waals surface area contributed by atoms with Crippen LogP contribution < -0.4 is 0 Å². The van der Waals surface area contributed by atoms with E-state index in [2.05, 4.69) is 0 Å². The van der Waals surface area contributed by atoms with Gasteiger partial charge in [0, 0.05) is 21.7 Å². The molecule has 0 aromatic rings. The summed E-state index contributed by atoms with van der Waals surface area (Å²) in [6, 6.07) is 0. The van der Waals surface area contributed by atoms with Gasteiger partial charge < -0.3 is 9.59 Å². The summed E-state index contributed by atoms with van der Waals surface area (Å²) in [6.07, 6.45) is 0. The first-order chi connectivity index (χ1) is 1.73. The minimum atomic E-state index is -3.13. The Morgan fingerprint density at radius 1 is 1.33 bits per heavy atom. The van der Waals surface area contributed by atoms with Crippen molar-refractivity contribution in [2.24, 2.45) is 0 Å². The standard InChI is InChI=1S/Li.H2O3Si.Ti.H/c;1-4(2)3;;/h;1-2H;;. The zero-order valence-corrected chi connectivity index (χ0v) is 4.86. The van der Waals surface area contributed by atoms with Gasteiger partial charge in [-0.15, -0.1) is 0 Å². The van der Waals surface area contributed by atoms with E-state index in [1.807, 2.05) is 0 Å². The van der Waals surface area contributed by atoms with Gasteiger partial charge in [0.2, 0.25) is 0 Å². The van der Waals surface area contributed by atoms with Crippen LogP contribution in [0.15, 0.2) is 0 Å². The summed E-state index contributed by atoms with van der Waals surface area (Å²) < 4.78 is 8.74. The summed E-state index contributed by atoms with van der Waals surface area (Å²) in [6.45, 7) is 0. The minimum absolute atomic E-state index is 0. The van der Waals surface area contributed by atoms with Crippen LogP contribution in [0.1, 0.15) is 0 Å². The Hall–Kier alpha value is 0.929. The van der Waals surface area contributed by atoms with E-state index in [1.165, 1.54) is 0 Å². The zero-order valence-electron chi connectivity index (χ0n) is 2.30. The van der Waals surface area contributed by atoms with Gasteiger partial charge in [-0.3, -0.25) is 4.46 Å². The second-order valence-corrected chi connectivity index (χ2v) is 0.848. The quantitative estimate of drug-likeness (QED) is 0.367. The third-order valence-corrected chi connectivity index (χ3v) is 0. The summed E-state index contributed by atoms with van der Waals surface area (Å²) in [4.78, 5) is 14.3. The van der Waals surface area contributed by atoms with Gasteiger partial charge in [0.05, 0.1) is 0 Å². The molecule has 0 aliphatic carbocycles. The average molecular weight is 134 g/mol. The SMILES string of the molecule is O=[Si](O)O.[LiH].[Ti]. The fourth-order valence-corrected chi connectivity index (χ4v) is 0. The molecular formula is H3LiO3SiTi. The average Bonchev–Trinajstić information content (AvgIpc) is 0.811. The first-order valence-corrected chi connectivity index (χ1v) is 1.95. The van der Waals surface area contributed by atoms with E-state index in [1.54, 1.807) is 0 Å². The second-order valence-electron chi connectivity index (χ2n) is 0.283. The minimum Gasteiger partial charge on any atom is 0 e. The first-order valence-electron chi connectivity index (χ1n) is 0.651. The molecule has 0 aromatic heterocycles. The Morgan fingerprint density at radius 3 is 1.33 bits per heavy atom. The van der Waals surface area contributed by atoms with Gasteiger partial charge in [0.15, 0.2) is 0 Å². The molecule has 0 atom stereocenters. The molecule has 0 aromatic carbocycles. The molecule has 0 fully saturated rings. The Morgan fingerprint density at radius 2 is 1.33 bits per heavy atom. The molecular weight excluding hydrogens is 131 g/mol. The van der Waals surface area contributed by atoms with Crippen LogP contribution in [0.4, 0.5) is 0 Å². The van der Waals surface area contributed by atoms with E-state index in [-0.39, 0.29) is 40.6 Å². The Bertz CT molecular complexity index is 33.8. The topological polar surface area (TPSA) is 57.5 Å². The van der Waals surface area contributed by atoms with E-state index in [4.69, 9.17) is 14.1 Å². The summed E-state index contributed by atoms with van der Waals surface area (Å²) in [5.74, 6) is 0. The van der Waals surface area contributed by atoms with Crippen molar-refractivity contribution in [2.45, 2.75) is 0 Å². The maximum Gasteiger partial charge on any atom is 0 e. The Kier molecular flexibility index (Phi) is 24.5. The van der Waals surface area contributed by atoms with E-state index in [0.29, 0.717) is 0 Å². The Labute approximate surface area is 63.7 Å². The predicted molar refractivity (Wildman–Crippen MR) is 18.0 cm³/mol. The molecule has 0 saturated heterocycles.